The van der Waals surface area contributed by atoms with Gasteiger partial charge in [-0.3, -0.25) is 9.69 Å². The summed E-state index contributed by atoms with van der Waals surface area (Å²) in [7, 11) is 1.82. The van der Waals surface area contributed by atoms with Crippen LogP contribution >= 0.6 is 0 Å². The molecule has 0 spiro atoms. The highest BCUT2D eigenvalue weighted by Gasteiger charge is 2.29. The maximum Gasteiger partial charge on any atom is 0.241 e. The van der Waals surface area contributed by atoms with Gasteiger partial charge in [-0.1, -0.05) is 23.4 Å². The molecule has 2 heterocycles. The van der Waals surface area contributed by atoms with Crippen LogP contribution in [0.1, 0.15) is 18.7 Å². The fourth-order valence-corrected chi connectivity index (χ4v) is 3.68. The van der Waals surface area contributed by atoms with Gasteiger partial charge in [-0.25, -0.2) is 4.39 Å². The van der Waals surface area contributed by atoms with Crippen LogP contribution in [-0.4, -0.2) is 41.1 Å². The van der Waals surface area contributed by atoms with Crippen molar-refractivity contribution in [1.82, 2.24) is 15.0 Å². The Bertz CT molecular complexity index is 958. The van der Waals surface area contributed by atoms with Crippen LogP contribution < -0.4 is 4.90 Å². The van der Waals surface area contributed by atoms with Gasteiger partial charge >= 0.3 is 0 Å². The molecule has 150 valence electrons. The van der Waals surface area contributed by atoms with Crippen molar-refractivity contribution < 1.29 is 13.7 Å². The second kappa shape index (κ2) is 8.53. The lowest BCUT2D eigenvalue weighted by molar-refractivity contribution is -0.123. The molecule has 6 nitrogen and oxygen atoms in total. The van der Waals surface area contributed by atoms with Crippen LogP contribution in [0.5, 0.6) is 0 Å². The first-order chi connectivity index (χ1) is 14.1. The van der Waals surface area contributed by atoms with Gasteiger partial charge in [0.2, 0.25) is 17.6 Å². The highest BCUT2D eigenvalue weighted by molar-refractivity contribution is 5.94. The zero-order valence-corrected chi connectivity index (χ0v) is 16.3. The number of hydrogen-bond donors (Lipinski definition) is 0. The van der Waals surface area contributed by atoms with E-state index >= 15 is 0 Å². The first kappa shape index (κ1) is 19.3. The number of anilines is 1. The van der Waals surface area contributed by atoms with Crippen LogP contribution in [0.4, 0.5) is 10.1 Å². The molecule has 0 N–H and O–H groups in total. The van der Waals surface area contributed by atoms with E-state index in [0.717, 1.165) is 25.1 Å². The molecule has 4 rings (SSSR count). The third-order valence-electron chi connectivity index (χ3n) is 5.26. The van der Waals surface area contributed by atoms with Gasteiger partial charge in [0.1, 0.15) is 5.82 Å². The Morgan fingerprint density at radius 1 is 1.21 bits per heavy atom. The van der Waals surface area contributed by atoms with Crippen molar-refractivity contribution >= 4 is 11.6 Å². The van der Waals surface area contributed by atoms with Gasteiger partial charge in [0.25, 0.3) is 0 Å². The SMILES string of the molecule is CN(C(=O)C1CCCN(Cc2nc(-c3ccc(F)cc3)no2)C1)c1ccccc1. The Kier molecular flexibility index (Phi) is 5.67. The maximum absolute atomic E-state index is 13.1. The quantitative estimate of drug-likeness (QED) is 0.660. The van der Waals surface area contributed by atoms with Crippen LogP contribution in [0.15, 0.2) is 59.1 Å². The summed E-state index contributed by atoms with van der Waals surface area (Å²) in [6.07, 6.45) is 1.81. The molecule has 1 amide bonds. The lowest BCUT2D eigenvalue weighted by atomic mass is 9.96. The molecule has 0 bridgehead atoms. The molecule has 1 unspecified atom stereocenters. The van der Waals surface area contributed by atoms with E-state index in [0.29, 0.717) is 30.4 Å². The number of para-hydroxylation sites is 1. The summed E-state index contributed by atoms with van der Waals surface area (Å²) in [4.78, 5) is 21.3. The van der Waals surface area contributed by atoms with Gasteiger partial charge < -0.3 is 9.42 Å². The molecule has 2 aromatic carbocycles. The van der Waals surface area contributed by atoms with E-state index in [1.165, 1.54) is 12.1 Å². The van der Waals surface area contributed by atoms with Crippen LogP contribution in [-0.2, 0) is 11.3 Å². The normalized spacial score (nSPS) is 17.2. The number of carbonyl (C=O) groups is 1. The number of hydrogen-bond acceptors (Lipinski definition) is 5. The highest BCUT2D eigenvalue weighted by atomic mass is 19.1. The van der Waals surface area contributed by atoms with Gasteiger partial charge in [-0.2, -0.15) is 4.98 Å². The minimum Gasteiger partial charge on any atom is -0.338 e. The minimum atomic E-state index is -0.304. The van der Waals surface area contributed by atoms with Gasteiger partial charge in [0.15, 0.2) is 0 Å². The lowest BCUT2D eigenvalue weighted by Crippen LogP contribution is -2.43. The van der Waals surface area contributed by atoms with E-state index in [2.05, 4.69) is 15.0 Å². The summed E-state index contributed by atoms with van der Waals surface area (Å²) in [5, 5.41) is 3.99. The van der Waals surface area contributed by atoms with Gasteiger partial charge in [0.05, 0.1) is 12.5 Å². The molecule has 0 aliphatic carbocycles. The molecular formula is C22H23FN4O2. The fourth-order valence-electron chi connectivity index (χ4n) is 3.68. The third kappa shape index (κ3) is 4.51. The number of benzene rings is 2. The van der Waals surface area contributed by atoms with E-state index in [1.807, 2.05) is 37.4 Å². The van der Waals surface area contributed by atoms with E-state index in [9.17, 15) is 9.18 Å². The molecule has 1 aromatic heterocycles. The monoisotopic (exact) mass is 394 g/mol. The molecule has 3 aromatic rings. The van der Waals surface area contributed by atoms with Gasteiger partial charge in [-0.15, -0.1) is 0 Å². The van der Waals surface area contributed by atoms with E-state index < -0.39 is 0 Å². The third-order valence-corrected chi connectivity index (χ3v) is 5.26. The number of nitrogens with zero attached hydrogens (tertiary/aromatic N) is 4. The smallest absolute Gasteiger partial charge is 0.241 e. The van der Waals surface area contributed by atoms with Crippen molar-refractivity contribution in [2.45, 2.75) is 19.4 Å². The predicted molar refractivity (Wildman–Crippen MR) is 108 cm³/mol. The van der Waals surface area contributed by atoms with Crippen LogP contribution in [0.3, 0.4) is 0 Å². The number of halogens is 1. The number of piperidine rings is 1. The summed E-state index contributed by atoms with van der Waals surface area (Å²) in [6.45, 7) is 2.03. The van der Waals surface area contributed by atoms with Gasteiger partial charge in [-0.05, 0) is 55.8 Å². The second-order valence-corrected chi connectivity index (χ2v) is 7.33. The molecule has 1 saturated heterocycles. The van der Waals surface area contributed by atoms with Crippen molar-refractivity contribution in [1.29, 1.82) is 0 Å². The standard InChI is InChI=1S/C22H23FN4O2/c1-26(19-7-3-2-4-8-19)22(28)17-6-5-13-27(14-17)15-20-24-21(25-29-20)16-9-11-18(23)12-10-16/h2-4,7-12,17H,5-6,13-15H2,1H3. The maximum atomic E-state index is 13.1. The highest BCUT2D eigenvalue weighted by Crippen LogP contribution is 2.23. The van der Waals surface area contributed by atoms with Crippen LogP contribution in [0, 0.1) is 11.7 Å². The number of likely N-dealkylation sites (tertiary alicyclic amines) is 1. The number of carbonyl (C=O) groups excluding carboxylic acids is 1. The Morgan fingerprint density at radius 2 is 1.97 bits per heavy atom. The molecular weight excluding hydrogens is 371 g/mol. The summed E-state index contributed by atoms with van der Waals surface area (Å²) in [5.41, 5.74) is 1.60. The van der Waals surface area contributed by atoms with Crippen molar-refractivity contribution in [3.05, 3.63) is 66.3 Å². The summed E-state index contributed by atoms with van der Waals surface area (Å²) in [5.74, 6) is 0.691. The summed E-state index contributed by atoms with van der Waals surface area (Å²) in [6, 6.07) is 15.7. The number of rotatable bonds is 5. The zero-order chi connectivity index (χ0) is 20.2. The molecule has 1 fully saturated rings. The molecule has 0 radical (unpaired) electrons. The molecule has 1 aliphatic rings. The molecule has 29 heavy (non-hydrogen) atoms. The molecule has 1 aliphatic heterocycles. The molecule has 0 saturated carbocycles. The number of amides is 1. The largest absolute Gasteiger partial charge is 0.338 e. The lowest BCUT2D eigenvalue weighted by Gasteiger charge is -2.33. The van der Waals surface area contributed by atoms with Crippen LogP contribution in [0.2, 0.25) is 0 Å². The zero-order valence-electron chi connectivity index (χ0n) is 16.3. The predicted octanol–water partition coefficient (Wildman–Crippen LogP) is 3.75. The minimum absolute atomic E-state index is 0.0616. The first-order valence-corrected chi connectivity index (χ1v) is 9.73. The fraction of sp³-hybridized carbons (Fsp3) is 0.318. The average Bonchev–Trinajstić information content (AvgIpc) is 3.22. The van der Waals surface area contributed by atoms with E-state index in [1.54, 1.807) is 17.0 Å². The molecule has 1 atom stereocenters. The van der Waals surface area contributed by atoms with Gasteiger partial charge in [0, 0.05) is 24.8 Å². The summed E-state index contributed by atoms with van der Waals surface area (Å²) < 4.78 is 18.5. The van der Waals surface area contributed by atoms with Crippen molar-refractivity contribution in [3.8, 4) is 11.4 Å². The van der Waals surface area contributed by atoms with Crippen LogP contribution in [0.25, 0.3) is 11.4 Å². The Balaban J connectivity index is 1.39. The van der Waals surface area contributed by atoms with Crippen molar-refractivity contribution in [2.75, 3.05) is 25.0 Å². The Morgan fingerprint density at radius 3 is 2.72 bits per heavy atom. The Labute approximate surface area is 168 Å². The Hall–Kier alpha value is -3.06. The first-order valence-electron chi connectivity index (χ1n) is 9.73. The second-order valence-electron chi connectivity index (χ2n) is 7.33. The molecule has 7 heteroatoms. The van der Waals surface area contributed by atoms with E-state index in [-0.39, 0.29) is 17.6 Å². The number of aromatic nitrogens is 2. The average molecular weight is 394 g/mol. The van der Waals surface area contributed by atoms with Crippen molar-refractivity contribution in [2.24, 2.45) is 5.92 Å². The van der Waals surface area contributed by atoms with E-state index in [4.69, 9.17) is 4.52 Å². The summed E-state index contributed by atoms with van der Waals surface area (Å²) >= 11 is 0. The van der Waals surface area contributed by atoms with Crippen molar-refractivity contribution in [3.63, 3.8) is 0 Å². The topological polar surface area (TPSA) is 62.5 Å².